The Bertz CT molecular complexity index is 988. The number of halogens is 3. The van der Waals surface area contributed by atoms with E-state index in [4.69, 9.17) is 9.47 Å². The summed E-state index contributed by atoms with van der Waals surface area (Å²) in [4.78, 5) is 15.9. The molecule has 0 aliphatic rings. The number of methoxy groups -OCH3 is 2. The van der Waals surface area contributed by atoms with E-state index in [0.29, 0.717) is 27.6 Å². The Hall–Kier alpha value is -3.07. The van der Waals surface area contributed by atoms with Gasteiger partial charge in [-0.2, -0.15) is 13.2 Å². The highest BCUT2D eigenvalue weighted by molar-refractivity contribution is 7.19. The molecule has 9 heteroatoms. The molecule has 0 fully saturated rings. The van der Waals surface area contributed by atoms with E-state index in [1.807, 2.05) is 5.32 Å². The summed E-state index contributed by atoms with van der Waals surface area (Å²) in [5, 5.41) is 2.37. The topological polar surface area (TPSA) is 60.5 Å². The molecule has 1 heterocycles. The minimum Gasteiger partial charge on any atom is -0.493 e. The van der Waals surface area contributed by atoms with Crippen molar-refractivity contribution in [3.05, 3.63) is 48.5 Å². The first-order valence-electron chi connectivity index (χ1n) is 8.00. The second-order valence-corrected chi connectivity index (χ2v) is 6.58. The number of alkyl halides is 3. The van der Waals surface area contributed by atoms with E-state index in [1.54, 1.807) is 48.5 Å². The molecule has 0 spiro atoms. The van der Waals surface area contributed by atoms with Crippen LogP contribution in [0.15, 0.2) is 48.5 Å². The average molecular weight is 408 g/mol. The molecule has 0 aliphatic heterocycles. The van der Waals surface area contributed by atoms with Crippen molar-refractivity contribution < 1.29 is 27.4 Å². The predicted molar refractivity (Wildman–Crippen MR) is 101 cm³/mol. The molecule has 1 amide bonds. The summed E-state index contributed by atoms with van der Waals surface area (Å²) in [5.74, 6) is -1.08. The Balaban J connectivity index is 2.08. The predicted octanol–water partition coefficient (Wildman–Crippen LogP) is 5.00. The number of carbonyl (C=O) groups excluding carboxylic acids is 1. The second kappa shape index (κ2) is 7.89. The van der Waals surface area contributed by atoms with Crippen molar-refractivity contribution in [2.75, 3.05) is 19.5 Å². The maximum absolute atomic E-state index is 12.7. The van der Waals surface area contributed by atoms with Gasteiger partial charge in [0.25, 0.3) is 0 Å². The number of benzene rings is 2. The van der Waals surface area contributed by atoms with E-state index in [9.17, 15) is 18.0 Å². The number of nitrogens with zero attached hydrogens (tertiary/aromatic N) is 1. The van der Waals surface area contributed by atoms with Crippen LogP contribution in [0, 0.1) is 0 Å². The molecule has 1 aromatic heterocycles. The van der Waals surface area contributed by atoms with Crippen molar-refractivity contribution in [2.45, 2.75) is 6.18 Å². The fraction of sp³-hybridized carbons (Fsp3) is 0.158. The van der Waals surface area contributed by atoms with Crippen LogP contribution in [0.4, 0.5) is 18.2 Å². The van der Waals surface area contributed by atoms with Crippen LogP contribution in [-0.2, 0) is 4.79 Å². The fourth-order valence-corrected chi connectivity index (χ4v) is 3.44. The van der Waals surface area contributed by atoms with Gasteiger partial charge in [-0.1, -0.05) is 41.7 Å². The summed E-state index contributed by atoms with van der Waals surface area (Å²) in [6.07, 6.45) is -5.00. The largest absolute Gasteiger partial charge is 0.493 e. The Morgan fingerprint density at radius 1 is 1.00 bits per heavy atom. The van der Waals surface area contributed by atoms with Crippen molar-refractivity contribution >= 4 is 22.2 Å². The van der Waals surface area contributed by atoms with Crippen molar-refractivity contribution in [1.29, 1.82) is 0 Å². The molecule has 28 heavy (non-hydrogen) atoms. The molecule has 0 saturated carbocycles. The quantitative estimate of drug-likeness (QED) is 0.646. The third kappa shape index (κ3) is 4.09. The number of hydrogen-bond donors (Lipinski definition) is 1. The standard InChI is InChI=1S/C19H15F3N2O3S/c1-26-13-9-8-12(10-14(13)27-2)16-23-15(11-6-4-3-5-7-11)17(28-16)24-18(25)19(20,21)22/h3-10H,1-2H3,(H,24,25). The van der Waals surface area contributed by atoms with Crippen molar-refractivity contribution in [2.24, 2.45) is 0 Å². The number of rotatable bonds is 5. The first-order valence-corrected chi connectivity index (χ1v) is 8.82. The van der Waals surface area contributed by atoms with E-state index in [-0.39, 0.29) is 10.7 Å². The highest BCUT2D eigenvalue weighted by Crippen LogP contribution is 2.40. The lowest BCUT2D eigenvalue weighted by Gasteiger charge is -2.08. The van der Waals surface area contributed by atoms with Gasteiger partial charge in [0.1, 0.15) is 15.7 Å². The summed E-state index contributed by atoms with van der Waals surface area (Å²) < 4.78 is 48.6. The Morgan fingerprint density at radius 3 is 2.29 bits per heavy atom. The molecular weight excluding hydrogens is 393 g/mol. The minimum atomic E-state index is -5.00. The monoisotopic (exact) mass is 408 g/mol. The lowest BCUT2D eigenvalue weighted by atomic mass is 10.1. The molecule has 3 aromatic rings. The smallest absolute Gasteiger partial charge is 0.471 e. The average Bonchev–Trinajstić information content (AvgIpc) is 3.11. The van der Waals surface area contributed by atoms with Crippen molar-refractivity contribution in [3.63, 3.8) is 0 Å². The van der Waals surface area contributed by atoms with E-state index in [1.165, 1.54) is 14.2 Å². The lowest BCUT2D eigenvalue weighted by Crippen LogP contribution is -2.29. The summed E-state index contributed by atoms with van der Waals surface area (Å²) >= 11 is 0.945. The van der Waals surface area contributed by atoms with Gasteiger partial charge in [0, 0.05) is 11.1 Å². The van der Waals surface area contributed by atoms with E-state index in [2.05, 4.69) is 4.98 Å². The van der Waals surface area contributed by atoms with Gasteiger partial charge >= 0.3 is 12.1 Å². The number of ether oxygens (including phenoxy) is 2. The Labute approximate surface area is 162 Å². The highest BCUT2D eigenvalue weighted by Gasteiger charge is 2.39. The van der Waals surface area contributed by atoms with Crippen LogP contribution in [0.1, 0.15) is 0 Å². The number of carbonyl (C=O) groups is 1. The number of hydrogen-bond acceptors (Lipinski definition) is 5. The number of amides is 1. The van der Waals surface area contributed by atoms with Gasteiger partial charge in [0.2, 0.25) is 0 Å². The van der Waals surface area contributed by atoms with E-state index >= 15 is 0 Å². The maximum Gasteiger partial charge on any atom is 0.471 e. The highest BCUT2D eigenvalue weighted by atomic mass is 32.1. The summed E-state index contributed by atoms with van der Waals surface area (Å²) in [6, 6.07) is 13.7. The summed E-state index contributed by atoms with van der Waals surface area (Å²) in [7, 11) is 2.98. The molecule has 3 rings (SSSR count). The maximum atomic E-state index is 12.7. The molecule has 0 unspecified atom stereocenters. The summed E-state index contributed by atoms with van der Waals surface area (Å²) in [6.45, 7) is 0. The van der Waals surface area contributed by atoms with Gasteiger partial charge < -0.3 is 14.8 Å². The van der Waals surface area contributed by atoms with Gasteiger partial charge in [-0.25, -0.2) is 4.98 Å². The number of anilines is 1. The van der Waals surface area contributed by atoms with Crippen LogP contribution >= 0.6 is 11.3 Å². The van der Waals surface area contributed by atoms with Crippen LogP contribution in [0.3, 0.4) is 0 Å². The van der Waals surface area contributed by atoms with Crippen LogP contribution < -0.4 is 14.8 Å². The zero-order valence-corrected chi connectivity index (χ0v) is 15.6. The third-order valence-electron chi connectivity index (χ3n) is 3.79. The molecule has 1 N–H and O–H groups in total. The Kier molecular flexibility index (Phi) is 5.55. The molecule has 0 saturated heterocycles. The molecule has 0 bridgehead atoms. The molecular formula is C19H15F3N2O3S. The molecule has 0 aliphatic carbocycles. The molecule has 0 radical (unpaired) electrons. The van der Waals surface area contributed by atoms with E-state index in [0.717, 1.165) is 11.3 Å². The summed E-state index contributed by atoms with van der Waals surface area (Å²) in [5.41, 5.74) is 1.46. The normalized spacial score (nSPS) is 11.2. The zero-order valence-electron chi connectivity index (χ0n) is 14.8. The Morgan fingerprint density at radius 2 is 1.68 bits per heavy atom. The van der Waals surface area contributed by atoms with E-state index < -0.39 is 12.1 Å². The SMILES string of the molecule is COc1ccc(-c2nc(-c3ccccc3)c(NC(=O)C(F)(F)F)s2)cc1OC. The van der Waals surface area contributed by atoms with Crippen molar-refractivity contribution in [1.82, 2.24) is 4.98 Å². The zero-order chi connectivity index (χ0) is 20.3. The second-order valence-electron chi connectivity index (χ2n) is 5.58. The minimum absolute atomic E-state index is 0.0123. The van der Waals surface area contributed by atoms with Crippen LogP contribution in [0.2, 0.25) is 0 Å². The van der Waals surface area contributed by atoms with Gasteiger partial charge in [0.05, 0.1) is 14.2 Å². The van der Waals surface area contributed by atoms with Crippen LogP contribution in [0.5, 0.6) is 11.5 Å². The van der Waals surface area contributed by atoms with Gasteiger partial charge in [-0.3, -0.25) is 4.79 Å². The molecule has 2 aromatic carbocycles. The molecule has 146 valence electrons. The number of nitrogens with one attached hydrogen (secondary N) is 1. The van der Waals surface area contributed by atoms with Gasteiger partial charge in [-0.15, -0.1) is 0 Å². The molecule has 0 atom stereocenters. The van der Waals surface area contributed by atoms with Crippen molar-refractivity contribution in [3.8, 4) is 33.3 Å². The lowest BCUT2D eigenvalue weighted by molar-refractivity contribution is -0.167. The third-order valence-corrected chi connectivity index (χ3v) is 4.81. The number of thiazole rings is 1. The first kappa shape index (κ1) is 19.7. The van der Waals surface area contributed by atoms with Crippen LogP contribution in [-0.4, -0.2) is 31.3 Å². The van der Waals surface area contributed by atoms with Gasteiger partial charge in [-0.05, 0) is 18.2 Å². The fourth-order valence-electron chi connectivity index (χ4n) is 2.46. The first-order chi connectivity index (χ1) is 13.3. The molecule has 5 nitrogen and oxygen atoms in total. The van der Waals surface area contributed by atoms with Gasteiger partial charge in [0.15, 0.2) is 11.5 Å². The number of aromatic nitrogens is 1. The van der Waals surface area contributed by atoms with Crippen LogP contribution in [0.25, 0.3) is 21.8 Å².